The molecule has 0 aliphatic carbocycles. The lowest BCUT2D eigenvalue weighted by Gasteiger charge is -2.14. The average Bonchev–Trinajstić information content (AvgIpc) is 2.15. The molecule has 0 aliphatic rings. The summed E-state index contributed by atoms with van der Waals surface area (Å²) in [6.07, 6.45) is 0.801. The monoisotopic (exact) mass is 213 g/mol. The van der Waals surface area contributed by atoms with Gasteiger partial charge in [-0.1, -0.05) is 17.7 Å². The van der Waals surface area contributed by atoms with E-state index in [4.69, 9.17) is 22.1 Å². The van der Waals surface area contributed by atoms with Gasteiger partial charge in [-0.15, -0.1) is 0 Å². The zero-order valence-electron chi connectivity index (χ0n) is 8.86. The van der Waals surface area contributed by atoms with E-state index >= 15 is 0 Å². The van der Waals surface area contributed by atoms with Crippen LogP contribution in [0.2, 0.25) is 5.02 Å². The molecule has 0 saturated heterocycles. The fourth-order valence-electron chi connectivity index (χ4n) is 1.63. The van der Waals surface area contributed by atoms with Crippen molar-refractivity contribution >= 4 is 11.6 Å². The maximum Gasteiger partial charge on any atom is 0.141 e. The van der Waals surface area contributed by atoms with E-state index in [2.05, 4.69) is 13.0 Å². The lowest BCUT2D eigenvalue weighted by molar-refractivity contribution is 0.409. The smallest absolute Gasteiger partial charge is 0.141 e. The van der Waals surface area contributed by atoms with Crippen LogP contribution in [0.15, 0.2) is 6.07 Å². The van der Waals surface area contributed by atoms with Gasteiger partial charge in [0.25, 0.3) is 0 Å². The van der Waals surface area contributed by atoms with Crippen LogP contribution < -0.4 is 10.5 Å². The van der Waals surface area contributed by atoms with Crippen LogP contribution in [0.25, 0.3) is 0 Å². The van der Waals surface area contributed by atoms with E-state index in [1.807, 2.05) is 6.92 Å². The molecule has 2 N–H and O–H groups in total. The number of methoxy groups -OCH3 is 1. The summed E-state index contributed by atoms with van der Waals surface area (Å²) in [4.78, 5) is 0. The van der Waals surface area contributed by atoms with E-state index < -0.39 is 0 Å². The molecule has 0 fully saturated rings. The zero-order valence-corrected chi connectivity index (χ0v) is 9.61. The van der Waals surface area contributed by atoms with Crippen molar-refractivity contribution in [3.05, 3.63) is 27.8 Å². The molecule has 0 saturated carbocycles. The molecule has 14 heavy (non-hydrogen) atoms. The minimum absolute atomic E-state index is 0.608. The first-order valence-electron chi connectivity index (χ1n) is 4.64. The first-order chi connectivity index (χ1) is 6.61. The van der Waals surface area contributed by atoms with Gasteiger partial charge in [0.2, 0.25) is 0 Å². The molecule has 0 bridgehead atoms. The number of ether oxygens (including phenoxy) is 1. The lowest BCUT2D eigenvalue weighted by Crippen LogP contribution is -2.06. The fourth-order valence-corrected chi connectivity index (χ4v) is 1.88. The predicted molar refractivity (Wildman–Crippen MR) is 60.2 cm³/mol. The molecule has 2 nitrogen and oxygen atoms in total. The van der Waals surface area contributed by atoms with Crippen LogP contribution >= 0.6 is 11.6 Å². The molecule has 0 heterocycles. The highest BCUT2D eigenvalue weighted by Gasteiger charge is 2.12. The van der Waals surface area contributed by atoms with Crippen molar-refractivity contribution in [2.24, 2.45) is 5.73 Å². The minimum Gasteiger partial charge on any atom is -0.495 e. The minimum atomic E-state index is 0.608. The highest BCUT2D eigenvalue weighted by Crippen LogP contribution is 2.34. The quantitative estimate of drug-likeness (QED) is 0.837. The first-order valence-corrected chi connectivity index (χ1v) is 5.02. The Morgan fingerprint density at radius 2 is 2.00 bits per heavy atom. The second-order valence-electron chi connectivity index (χ2n) is 3.37. The Balaban J connectivity index is 3.31. The van der Waals surface area contributed by atoms with Gasteiger partial charge in [-0.05, 0) is 43.5 Å². The Kier molecular flexibility index (Phi) is 3.78. The van der Waals surface area contributed by atoms with Crippen LogP contribution in [0.1, 0.15) is 16.7 Å². The van der Waals surface area contributed by atoms with Crippen molar-refractivity contribution in [1.29, 1.82) is 0 Å². The number of hydrogen-bond donors (Lipinski definition) is 1. The van der Waals surface area contributed by atoms with Crippen LogP contribution in [-0.2, 0) is 6.42 Å². The number of hydrogen-bond acceptors (Lipinski definition) is 2. The summed E-state index contributed by atoms with van der Waals surface area (Å²) in [5, 5.41) is 0.696. The lowest BCUT2D eigenvalue weighted by atomic mass is 10.0. The van der Waals surface area contributed by atoms with Crippen molar-refractivity contribution in [2.45, 2.75) is 20.3 Å². The Bertz CT molecular complexity index is 337. The zero-order chi connectivity index (χ0) is 10.7. The predicted octanol–water partition coefficient (Wildman–Crippen LogP) is 2.47. The summed E-state index contributed by atoms with van der Waals surface area (Å²) in [6.45, 7) is 4.64. The van der Waals surface area contributed by atoms with E-state index in [9.17, 15) is 0 Å². The maximum absolute atomic E-state index is 6.14. The van der Waals surface area contributed by atoms with Gasteiger partial charge in [0.1, 0.15) is 5.75 Å². The van der Waals surface area contributed by atoms with E-state index in [0.29, 0.717) is 11.6 Å². The standard InChI is InChI=1S/C11H16ClNO/c1-7-6-8(2)10(12)11(14-3)9(7)4-5-13/h6H,4-5,13H2,1-3H3. The number of aryl methyl sites for hydroxylation is 2. The molecule has 0 aromatic heterocycles. The molecule has 0 radical (unpaired) electrons. The van der Waals surface area contributed by atoms with Crippen molar-refractivity contribution < 1.29 is 4.74 Å². The highest BCUT2D eigenvalue weighted by atomic mass is 35.5. The largest absolute Gasteiger partial charge is 0.495 e. The van der Waals surface area contributed by atoms with Gasteiger partial charge in [-0.25, -0.2) is 0 Å². The topological polar surface area (TPSA) is 35.2 Å². The molecule has 0 atom stereocenters. The molecule has 1 rings (SSSR count). The summed E-state index contributed by atoms with van der Waals surface area (Å²) >= 11 is 6.14. The SMILES string of the molecule is COc1c(Cl)c(C)cc(C)c1CCN. The number of nitrogens with two attached hydrogens (primary N) is 1. The highest BCUT2D eigenvalue weighted by molar-refractivity contribution is 6.33. The average molecular weight is 214 g/mol. The molecule has 1 aromatic carbocycles. The van der Waals surface area contributed by atoms with Crippen molar-refractivity contribution in [2.75, 3.05) is 13.7 Å². The van der Waals surface area contributed by atoms with E-state index in [-0.39, 0.29) is 0 Å². The van der Waals surface area contributed by atoms with Crippen LogP contribution in [0.3, 0.4) is 0 Å². The molecular weight excluding hydrogens is 198 g/mol. The van der Waals surface area contributed by atoms with E-state index in [1.54, 1.807) is 7.11 Å². The van der Waals surface area contributed by atoms with Crippen molar-refractivity contribution in [3.63, 3.8) is 0 Å². The Morgan fingerprint density at radius 1 is 1.36 bits per heavy atom. The summed E-state index contributed by atoms with van der Waals surface area (Å²) < 4.78 is 5.30. The van der Waals surface area contributed by atoms with Gasteiger partial charge in [-0.3, -0.25) is 0 Å². The second-order valence-corrected chi connectivity index (χ2v) is 3.75. The molecule has 0 spiro atoms. The Hall–Kier alpha value is -0.730. The van der Waals surface area contributed by atoms with Crippen LogP contribution in [0.4, 0.5) is 0 Å². The normalized spacial score (nSPS) is 10.4. The summed E-state index contributed by atoms with van der Waals surface area (Å²) in [5.41, 5.74) is 8.89. The third kappa shape index (κ3) is 2.02. The molecule has 0 aliphatic heterocycles. The van der Waals surface area contributed by atoms with Crippen LogP contribution in [-0.4, -0.2) is 13.7 Å². The summed E-state index contributed by atoms with van der Waals surface area (Å²) in [7, 11) is 1.64. The number of halogens is 1. The second kappa shape index (κ2) is 4.67. The van der Waals surface area contributed by atoms with Crippen LogP contribution in [0, 0.1) is 13.8 Å². The third-order valence-electron chi connectivity index (χ3n) is 2.33. The Morgan fingerprint density at radius 3 is 2.50 bits per heavy atom. The maximum atomic E-state index is 6.14. The molecule has 3 heteroatoms. The molecule has 0 amide bonds. The number of rotatable bonds is 3. The summed E-state index contributed by atoms with van der Waals surface area (Å²) in [6, 6.07) is 2.07. The molecule has 0 unspecified atom stereocenters. The van der Waals surface area contributed by atoms with Gasteiger partial charge in [-0.2, -0.15) is 0 Å². The first kappa shape index (κ1) is 11.3. The molecule has 78 valence electrons. The van der Waals surface area contributed by atoms with Gasteiger partial charge in [0.05, 0.1) is 12.1 Å². The fraction of sp³-hybridized carbons (Fsp3) is 0.455. The van der Waals surface area contributed by atoms with Gasteiger partial charge < -0.3 is 10.5 Å². The van der Waals surface area contributed by atoms with Gasteiger partial charge >= 0.3 is 0 Å². The summed E-state index contributed by atoms with van der Waals surface area (Å²) in [5.74, 6) is 0.773. The van der Waals surface area contributed by atoms with Gasteiger partial charge in [0.15, 0.2) is 0 Å². The van der Waals surface area contributed by atoms with Crippen LogP contribution in [0.5, 0.6) is 5.75 Å². The molecule has 1 aromatic rings. The van der Waals surface area contributed by atoms with Crippen molar-refractivity contribution in [3.8, 4) is 5.75 Å². The van der Waals surface area contributed by atoms with E-state index in [1.165, 1.54) is 5.56 Å². The molecular formula is C11H16ClNO. The van der Waals surface area contributed by atoms with E-state index in [0.717, 1.165) is 23.3 Å². The third-order valence-corrected chi connectivity index (χ3v) is 2.80. The van der Waals surface area contributed by atoms with Gasteiger partial charge in [0, 0.05) is 0 Å². The Labute approximate surface area is 90.0 Å². The van der Waals surface area contributed by atoms with Crippen molar-refractivity contribution in [1.82, 2.24) is 0 Å². The number of benzene rings is 1.